The number of rotatable bonds is 3. The third-order valence-corrected chi connectivity index (χ3v) is 4.71. The Kier molecular flexibility index (Phi) is 5.00. The molecule has 1 aliphatic heterocycles. The van der Waals surface area contributed by atoms with Gasteiger partial charge in [0.05, 0.1) is 11.9 Å². The first-order valence-electron chi connectivity index (χ1n) is 9.19. The molecule has 1 fully saturated rings. The summed E-state index contributed by atoms with van der Waals surface area (Å²) < 4.78 is 1.55. The van der Waals surface area contributed by atoms with Crippen LogP contribution >= 0.6 is 0 Å². The fraction of sp³-hybridized carbons (Fsp3) is 0.190. The number of benzene rings is 1. The van der Waals surface area contributed by atoms with E-state index in [1.807, 2.05) is 6.07 Å². The summed E-state index contributed by atoms with van der Waals surface area (Å²) in [5.41, 5.74) is -0.164. The number of likely N-dealkylation sites (N-methyl/N-ethyl adjacent to an activating group) is 1. The highest BCUT2D eigenvalue weighted by atomic mass is 16.3. The summed E-state index contributed by atoms with van der Waals surface area (Å²) in [6.07, 6.45) is 4.62. The summed E-state index contributed by atoms with van der Waals surface area (Å²) in [6, 6.07) is 10.3. The van der Waals surface area contributed by atoms with Crippen molar-refractivity contribution in [3.05, 3.63) is 66.4 Å². The number of aliphatic hydroxyl groups is 1. The van der Waals surface area contributed by atoms with E-state index in [4.69, 9.17) is 0 Å². The summed E-state index contributed by atoms with van der Waals surface area (Å²) in [7, 11) is 1.64. The molecule has 0 bridgehead atoms. The van der Waals surface area contributed by atoms with Gasteiger partial charge in [-0.15, -0.1) is 0 Å². The molecule has 0 spiro atoms. The molecule has 30 heavy (non-hydrogen) atoms. The molecule has 1 aliphatic rings. The molecule has 0 radical (unpaired) electrons. The molecule has 0 saturated carbocycles. The molecule has 2 N–H and O–H groups in total. The number of aromatic nitrogens is 4. The Bertz CT molecular complexity index is 1160. The molecule has 4 rings (SSSR count). The van der Waals surface area contributed by atoms with Crippen LogP contribution in [0.2, 0.25) is 0 Å². The van der Waals surface area contributed by atoms with E-state index in [-0.39, 0.29) is 18.0 Å². The fourth-order valence-electron chi connectivity index (χ4n) is 3.07. The lowest BCUT2D eigenvalue weighted by atomic mass is 10.0. The second kappa shape index (κ2) is 7.77. The van der Waals surface area contributed by atoms with Gasteiger partial charge < -0.3 is 15.3 Å². The predicted octanol–water partition coefficient (Wildman–Crippen LogP) is 0.859. The standard InChI is InChI=1S/C21H18N6O3/c1-26-12-9-21(30,20(26)29)8-5-15-3-2-4-16(13-15)27-18(7-11-24-27)25-19(28)17-6-10-22-14-23-17/h2-4,6-7,10-11,13-14,30H,9,12H2,1H3,(H,25,28)/t21-/m0/s1. The summed E-state index contributed by atoms with van der Waals surface area (Å²) in [6.45, 7) is 0.465. The molecular weight excluding hydrogens is 384 g/mol. The van der Waals surface area contributed by atoms with Crippen molar-refractivity contribution in [1.29, 1.82) is 0 Å². The Labute approximate surface area is 172 Å². The first-order chi connectivity index (χ1) is 14.5. The Morgan fingerprint density at radius 3 is 2.87 bits per heavy atom. The lowest BCUT2D eigenvalue weighted by molar-refractivity contribution is -0.137. The maximum Gasteiger partial charge on any atom is 0.275 e. The van der Waals surface area contributed by atoms with Gasteiger partial charge in [-0.3, -0.25) is 9.59 Å². The van der Waals surface area contributed by atoms with Gasteiger partial charge in [0, 0.05) is 37.8 Å². The molecule has 1 saturated heterocycles. The van der Waals surface area contributed by atoms with Gasteiger partial charge in [-0.05, 0) is 24.3 Å². The Morgan fingerprint density at radius 1 is 1.27 bits per heavy atom. The number of carbonyl (C=O) groups is 2. The van der Waals surface area contributed by atoms with Crippen LogP contribution in [0.1, 0.15) is 22.5 Å². The van der Waals surface area contributed by atoms with Gasteiger partial charge in [0.25, 0.3) is 11.8 Å². The highest BCUT2D eigenvalue weighted by Gasteiger charge is 2.42. The molecule has 3 heterocycles. The molecular formula is C21H18N6O3. The Morgan fingerprint density at radius 2 is 2.13 bits per heavy atom. The van der Waals surface area contributed by atoms with Crippen molar-refractivity contribution in [2.45, 2.75) is 12.0 Å². The molecule has 0 aliphatic carbocycles. The largest absolute Gasteiger partial charge is 0.369 e. The number of amides is 2. The minimum Gasteiger partial charge on any atom is -0.369 e. The van der Waals surface area contributed by atoms with E-state index in [1.165, 1.54) is 23.5 Å². The van der Waals surface area contributed by atoms with Crippen LogP contribution in [0.3, 0.4) is 0 Å². The number of nitrogens with zero attached hydrogens (tertiary/aromatic N) is 5. The SMILES string of the molecule is CN1CC[C@@](O)(C#Cc2cccc(-n3nccc3NC(=O)c3ccncn3)c2)C1=O. The van der Waals surface area contributed by atoms with Crippen LogP contribution in [0.25, 0.3) is 5.69 Å². The van der Waals surface area contributed by atoms with Gasteiger partial charge in [-0.1, -0.05) is 17.9 Å². The van der Waals surface area contributed by atoms with Crippen molar-refractivity contribution in [2.24, 2.45) is 0 Å². The van der Waals surface area contributed by atoms with E-state index in [9.17, 15) is 14.7 Å². The molecule has 1 atom stereocenters. The average molecular weight is 402 g/mol. The summed E-state index contributed by atoms with van der Waals surface area (Å²) in [4.78, 5) is 33.6. The number of likely N-dealkylation sites (tertiary alicyclic amines) is 1. The maximum atomic E-state index is 12.4. The number of nitrogens with one attached hydrogen (secondary N) is 1. The van der Waals surface area contributed by atoms with Gasteiger partial charge >= 0.3 is 0 Å². The van der Waals surface area contributed by atoms with E-state index in [1.54, 1.807) is 42.2 Å². The Balaban J connectivity index is 1.58. The number of hydrogen-bond acceptors (Lipinski definition) is 6. The van der Waals surface area contributed by atoms with Crippen molar-refractivity contribution in [2.75, 3.05) is 18.9 Å². The quantitative estimate of drug-likeness (QED) is 0.629. The van der Waals surface area contributed by atoms with E-state index in [0.717, 1.165) is 0 Å². The molecule has 9 heteroatoms. The van der Waals surface area contributed by atoms with Crippen LogP contribution < -0.4 is 5.32 Å². The van der Waals surface area contributed by atoms with E-state index < -0.39 is 11.5 Å². The topological polar surface area (TPSA) is 113 Å². The van der Waals surface area contributed by atoms with Gasteiger partial charge in [-0.2, -0.15) is 5.10 Å². The van der Waals surface area contributed by atoms with Gasteiger partial charge in [-0.25, -0.2) is 14.6 Å². The molecule has 1 aromatic carbocycles. The predicted molar refractivity (Wildman–Crippen MR) is 108 cm³/mol. The average Bonchev–Trinajstić information content (AvgIpc) is 3.33. The first-order valence-corrected chi connectivity index (χ1v) is 9.19. The molecule has 2 aromatic heterocycles. The summed E-state index contributed by atoms with van der Waals surface area (Å²) in [5, 5.41) is 17.5. The lowest BCUT2D eigenvalue weighted by Crippen LogP contribution is -2.37. The maximum absolute atomic E-state index is 12.4. The normalized spacial score (nSPS) is 18.1. The van der Waals surface area contributed by atoms with Crippen molar-refractivity contribution < 1.29 is 14.7 Å². The van der Waals surface area contributed by atoms with Crippen molar-refractivity contribution in [1.82, 2.24) is 24.6 Å². The number of anilines is 1. The van der Waals surface area contributed by atoms with Crippen molar-refractivity contribution in [3.63, 3.8) is 0 Å². The zero-order chi connectivity index (χ0) is 21.1. The van der Waals surface area contributed by atoms with E-state index >= 15 is 0 Å². The molecule has 2 amide bonds. The zero-order valence-electron chi connectivity index (χ0n) is 16.1. The Hall–Kier alpha value is -4.03. The second-order valence-electron chi connectivity index (χ2n) is 6.81. The van der Waals surface area contributed by atoms with Gasteiger partial charge in [0.2, 0.25) is 5.60 Å². The number of carbonyl (C=O) groups excluding carboxylic acids is 2. The van der Waals surface area contributed by atoms with E-state index in [0.29, 0.717) is 23.6 Å². The van der Waals surface area contributed by atoms with Crippen molar-refractivity contribution >= 4 is 17.6 Å². The van der Waals surface area contributed by atoms with Crippen LogP contribution in [-0.4, -0.2) is 60.8 Å². The highest BCUT2D eigenvalue weighted by Crippen LogP contribution is 2.21. The van der Waals surface area contributed by atoms with Gasteiger partial charge in [0.15, 0.2) is 0 Å². The van der Waals surface area contributed by atoms with Gasteiger partial charge in [0.1, 0.15) is 17.8 Å². The molecule has 9 nitrogen and oxygen atoms in total. The molecule has 150 valence electrons. The lowest BCUT2D eigenvalue weighted by Gasteiger charge is -2.13. The highest BCUT2D eigenvalue weighted by molar-refractivity contribution is 6.02. The summed E-state index contributed by atoms with van der Waals surface area (Å²) >= 11 is 0. The van der Waals surface area contributed by atoms with Crippen LogP contribution in [0, 0.1) is 11.8 Å². The third kappa shape index (κ3) is 3.76. The third-order valence-electron chi connectivity index (χ3n) is 4.71. The minimum absolute atomic E-state index is 0.233. The van der Waals surface area contributed by atoms with Crippen LogP contribution in [0.4, 0.5) is 5.82 Å². The smallest absolute Gasteiger partial charge is 0.275 e. The monoisotopic (exact) mass is 402 g/mol. The minimum atomic E-state index is -1.66. The number of hydrogen-bond donors (Lipinski definition) is 2. The van der Waals surface area contributed by atoms with Crippen molar-refractivity contribution in [3.8, 4) is 17.5 Å². The van der Waals surface area contributed by atoms with Crippen LogP contribution in [-0.2, 0) is 4.79 Å². The fourth-order valence-corrected chi connectivity index (χ4v) is 3.07. The zero-order valence-corrected chi connectivity index (χ0v) is 16.1. The van der Waals surface area contributed by atoms with Crippen LogP contribution in [0.5, 0.6) is 0 Å². The van der Waals surface area contributed by atoms with Crippen LogP contribution in [0.15, 0.2) is 55.1 Å². The molecule has 0 unspecified atom stereocenters. The first kappa shape index (κ1) is 19.3. The summed E-state index contributed by atoms with van der Waals surface area (Å²) in [5.74, 6) is 5.24. The molecule has 3 aromatic rings. The second-order valence-corrected chi connectivity index (χ2v) is 6.81. The van der Waals surface area contributed by atoms with E-state index in [2.05, 4.69) is 32.2 Å².